The van der Waals surface area contributed by atoms with Crippen LogP contribution in [0.1, 0.15) is 56.3 Å². The summed E-state index contributed by atoms with van der Waals surface area (Å²) in [6, 6.07) is 11.7. The van der Waals surface area contributed by atoms with Gasteiger partial charge in [0.05, 0.1) is 23.4 Å². The lowest BCUT2D eigenvalue weighted by molar-refractivity contribution is 0.128. The minimum Gasteiger partial charge on any atom is -0.339 e. The zero-order chi connectivity index (χ0) is 26.7. The first-order chi connectivity index (χ1) is 18.9. The van der Waals surface area contributed by atoms with Crippen LogP contribution >= 0.6 is 11.6 Å². The van der Waals surface area contributed by atoms with E-state index in [9.17, 15) is 0 Å². The first kappa shape index (κ1) is 24.6. The number of nitrogens with two attached hydrogens (primary N) is 1. The molecule has 8 heteroatoms. The van der Waals surface area contributed by atoms with Crippen LogP contribution in [0.25, 0.3) is 44.6 Å². The third kappa shape index (κ3) is 4.39. The van der Waals surface area contributed by atoms with Crippen LogP contribution in [-0.4, -0.2) is 38.0 Å². The monoisotopic (exact) mass is 537 g/mol. The molecular formula is C31H32ClN7. The summed E-state index contributed by atoms with van der Waals surface area (Å²) in [6.07, 6.45) is 9.05. The first-order valence-electron chi connectivity index (χ1n) is 13.7. The average Bonchev–Trinajstić information content (AvgIpc) is 3.69. The van der Waals surface area contributed by atoms with Crippen LogP contribution in [0.3, 0.4) is 0 Å². The van der Waals surface area contributed by atoms with Crippen molar-refractivity contribution < 1.29 is 0 Å². The molecule has 2 unspecified atom stereocenters. The van der Waals surface area contributed by atoms with E-state index in [1.54, 1.807) is 0 Å². The Bertz CT molecular complexity index is 1690. The van der Waals surface area contributed by atoms with Crippen LogP contribution in [0.4, 0.5) is 0 Å². The molecule has 1 aliphatic heterocycles. The number of rotatable bonds is 5. The van der Waals surface area contributed by atoms with Gasteiger partial charge < -0.3 is 16.0 Å². The number of nitrogens with zero attached hydrogens (tertiary/aromatic N) is 4. The lowest BCUT2D eigenvalue weighted by Gasteiger charge is -2.42. The van der Waals surface area contributed by atoms with Crippen LogP contribution in [-0.2, 0) is 0 Å². The van der Waals surface area contributed by atoms with Crippen LogP contribution in [0.15, 0.2) is 55.0 Å². The number of hydrogen-bond acceptors (Lipinski definition) is 6. The molecular weight excluding hydrogens is 506 g/mol. The number of fused-ring (bicyclic) bond motifs is 2. The molecule has 7 nitrogen and oxygen atoms in total. The van der Waals surface area contributed by atoms with Gasteiger partial charge >= 0.3 is 0 Å². The predicted molar refractivity (Wildman–Crippen MR) is 157 cm³/mol. The largest absolute Gasteiger partial charge is 0.339 e. The molecule has 2 atom stereocenters. The first-order valence-corrected chi connectivity index (χ1v) is 14.1. The Balaban J connectivity index is 1.41. The Labute approximate surface area is 232 Å². The third-order valence-corrected chi connectivity index (χ3v) is 8.83. The predicted octanol–water partition coefficient (Wildman–Crippen LogP) is 6.40. The van der Waals surface area contributed by atoms with Crippen molar-refractivity contribution in [3.63, 3.8) is 0 Å². The lowest BCUT2D eigenvalue weighted by Crippen LogP contribution is -2.47. The summed E-state index contributed by atoms with van der Waals surface area (Å²) >= 11 is 6.12. The topological polar surface area (TPSA) is 105 Å². The second-order valence-electron chi connectivity index (χ2n) is 11.7. The number of halogens is 1. The van der Waals surface area contributed by atoms with Gasteiger partial charge in [0, 0.05) is 46.0 Å². The van der Waals surface area contributed by atoms with Gasteiger partial charge in [-0.3, -0.25) is 4.98 Å². The van der Waals surface area contributed by atoms with E-state index in [4.69, 9.17) is 27.3 Å². The number of hydrogen-bond donors (Lipinski definition) is 3. The molecule has 0 amide bonds. The maximum atomic E-state index is 7.19. The second kappa shape index (κ2) is 9.37. The Morgan fingerprint density at radius 1 is 1.05 bits per heavy atom. The Morgan fingerprint density at radius 2 is 1.87 bits per heavy atom. The fourth-order valence-corrected chi connectivity index (χ4v) is 6.38. The molecule has 1 saturated carbocycles. The lowest BCUT2D eigenvalue weighted by atomic mass is 9.70. The summed E-state index contributed by atoms with van der Waals surface area (Å²) in [5.41, 5.74) is 14.0. The molecule has 0 radical (unpaired) electrons. The highest BCUT2D eigenvalue weighted by Crippen LogP contribution is 2.46. The van der Waals surface area contributed by atoms with Crippen molar-refractivity contribution in [1.29, 1.82) is 0 Å². The molecule has 4 aromatic heterocycles. The number of H-pyrrole nitrogens is 1. The molecule has 5 heterocycles. The molecule has 0 spiro atoms. The van der Waals surface area contributed by atoms with Gasteiger partial charge in [-0.2, -0.15) is 0 Å². The fraction of sp³-hybridized carbons (Fsp3) is 0.355. The minimum absolute atomic E-state index is 0.0555. The number of nitrogens with one attached hydrogen (secondary N) is 2. The Hall–Kier alpha value is -3.39. The molecule has 0 bridgehead atoms. The molecule has 4 N–H and O–H groups in total. The molecule has 2 fully saturated rings. The quantitative estimate of drug-likeness (QED) is 0.239. The standard InChI is InChI=1S/C31H32ClN7/c1-31(2)16-34-11-10-23(31)27(33)28-26-22(17-3-4-17)14-35-15-25(26)38-30(39-28)20-9-12-36-29-21(20)13-24(37-29)18-5-7-19(32)8-6-18/h5-9,12-15,17,23,27,34H,3-4,10-11,16,33H2,1-2H3,(H,36,37). The van der Waals surface area contributed by atoms with Gasteiger partial charge in [0.25, 0.3) is 0 Å². The molecule has 2 aliphatic rings. The number of piperidine rings is 1. The van der Waals surface area contributed by atoms with Gasteiger partial charge in [-0.25, -0.2) is 15.0 Å². The van der Waals surface area contributed by atoms with Crippen molar-refractivity contribution in [2.24, 2.45) is 17.1 Å². The number of aromatic amines is 1. The fourth-order valence-electron chi connectivity index (χ4n) is 6.26. The third-order valence-electron chi connectivity index (χ3n) is 8.58. The van der Waals surface area contributed by atoms with E-state index in [2.05, 4.69) is 40.2 Å². The van der Waals surface area contributed by atoms with Crippen LogP contribution in [0.2, 0.25) is 5.02 Å². The van der Waals surface area contributed by atoms with Gasteiger partial charge in [-0.05, 0) is 78.5 Å². The zero-order valence-electron chi connectivity index (χ0n) is 22.2. The van der Waals surface area contributed by atoms with Gasteiger partial charge in [-0.15, -0.1) is 0 Å². The van der Waals surface area contributed by atoms with E-state index in [-0.39, 0.29) is 11.5 Å². The van der Waals surface area contributed by atoms with Crippen LogP contribution < -0.4 is 11.1 Å². The zero-order valence-corrected chi connectivity index (χ0v) is 23.0. The van der Waals surface area contributed by atoms with E-state index in [1.807, 2.05) is 48.9 Å². The van der Waals surface area contributed by atoms with Gasteiger partial charge in [0.1, 0.15) is 5.65 Å². The van der Waals surface area contributed by atoms with Crippen molar-refractivity contribution in [2.45, 2.75) is 45.1 Å². The Morgan fingerprint density at radius 3 is 2.64 bits per heavy atom. The highest BCUT2D eigenvalue weighted by molar-refractivity contribution is 6.30. The average molecular weight is 538 g/mol. The normalized spacial score (nSPS) is 19.9. The van der Waals surface area contributed by atoms with E-state index in [0.717, 1.165) is 64.0 Å². The summed E-state index contributed by atoms with van der Waals surface area (Å²) < 4.78 is 0. The summed E-state index contributed by atoms with van der Waals surface area (Å²) in [5, 5.41) is 6.32. The maximum Gasteiger partial charge on any atom is 0.160 e. The van der Waals surface area contributed by atoms with Crippen LogP contribution in [0.5, 0.6) is 0 Å². The second-order valence-corrected chi connectivity index (χ2v) is 12.2. The summed E-state index contributed by atoms with van der Waals surface area (Å²) in [7, 11) is 0. The van der Waals surface area contributed by atoms with Crippen molar-refractivity contribution >= 4 is 33.5 Å². The molecule has 39 heavy (non-hydrogen) atoms. The molecule has 5 aromatic rings. The van der Waals surface area contributed by atoms with E-state index in [0.29, 0.717) is 22.7 Å². The number of benzene rings is 1. The van der Waals surface area contributed by atoms with E-state index >= 15 is 0 Å². The minimum atomic E-state index is -0.209. The van der Waals surface area contributed by atoms with E-state index < -0.39 is 0 Å². The highest BCUT2D eigenvalue weighted by Gasteiger charge is 2.39. The molecule has 198 valence electrons. The number of pyridine rings is 2. The molecule has 1 aromatic carbocycles. The van der Waals surface area contributed by atoms with Crippen LogP contribution in [0, 0.1) is 11.3 Å². The summed E-state index contributed by atoms with van der Waals surface area (Å²) in [4.78, 5) is 23.0. The maximum absolute atomic E-state index is 7.19. The van der Waals surface area contributed by atoms with Crippen molar-refractivity contribution in [1.82, 2.24) is 30.2 Å². The highest BCUT2D eigenvalue weighted by atomic mass is 35.5. The number of aromatic nitrogens is 5. The van der Waals surface area contributed by atoms with Crippen molar-refractivity contribution in [3.8, 4) is 22.6 Å². The molecule has 1 saturated heterocycles. The SMILES string of the molecule is CC1(C)CNCCC1C(N)c1nc(-c2ccnc3[nH]c(-c4ccc(Cl)cc4)cc23)nc2cncc(C3CC3)c12. The van der Waals surface area contributed by atoms with Gasteiger partial charge in [0.15, 0.2) is 5.82 Å². The van der Waals surface area contributed by atoms with E-state index in [1.165, 1.54) is 18.4 Å². The smallest absolute Gasteiger partial charge is 0.160 e. The van der Waals surface area contributed by atoms with Crippen molar-refractivity contribution in [2.75, 3.05) is 13.1 Å². The Kier molecular flexibility index (Phi) is 5.92. The molecule has 1 aliphatic carbocycles. The van der Waals surface area contributed by atoms with Gasteiger partial charge in [0.2, 0.25) is 0 Å². The summed E-state index contributed by atoms with van der Waals surface area (Å²) in [6.45, 7) is 6.53. The molecule has 7 rings (SSSR count). The summed E-state index contributed by atoms with van der Waals surface area (Å²) in [5.74, 6) is 1.47. The van der Waals surface area contributed by atoms with Gasteiger partial charge in [-0.1, -0.05) is 37.6 Å². The van der Waals surface area contributed by atoms with Crippen molar-refractivity contribution in [3.05, 3.63) is 71.3 Å².